The monoisotopic (exact) mass is 374 g/mol. The minimum atomic E-state index is -0.233. The standard InChI is InChI=1S/C18H19BrN2O2/c1-12-5-4-6-17(13(12)2)21(14(3)22)11-18(23)20-16-9-7-15(19)8-10-16/h4-10H,11H2,1-3H3,(H,20,23). The summed E-state index contributed by atoms with van der Waals surface area (Å²) in [6.45, 7) is 5.39. The molecule has 0 atom stereocenters. The third-order valence-corrected chi connectivity index (χ3v) is 4.21. The van der Waals surface area contributed by atoms with Gasteiger partial charge in [0.15, 0.2) is 0 Å². The van der Waals surface area contributed by atoms with Gasteiger partial charge in [0, 0.05) is 22.8 Å². The molecule has 0 saturated carbocycles. The van der Waals surface area contributed by atoms with Gasteiger partial charge in [-0.15, -0.1) is 0 Å². The highest BCUT2D eigenvalue weighted by Gasteiger charge is 2.18. The second-order valence-corrected chi connectivity index (χ2v) is 6.29. The number of benzene rings is 2. The zero-order valence-corrected chi connectivity index (χ0v) is 15.0. The molecule has 23 heavy (non-hydrogen) atoms. The van der Waals surface area contributed by atoms with Gasteiger partial charge in [0.1, 0.15) is 6.54 Å². The van der Waals surface area contributed by atoms with Crippen molar-refractivity contribution in [3.8, 4) is 0 Å². The highest BCUT2D eigenvalue weighted by molar-refractivity contribution is 9.10. The van der Waals surface area contributed by atoms with Gasteiger partial charge in [0.25, 0.3) is 0 Å². The molecule has 120 valence electrons. The number of anilines is 2. The molecule has 0 saturated heterocycles. The van der Waals surface area contributed by atoms with Crippen LogP contribution < -0.4 is 10.2 Å². The molecule has 0 heterocycles. The van der Waals surface area contributed by atoms with Gasteiger partial charge in [-0.2, -0.15) is 0 Å². The lowest BCUT2D eigenvalue weighted by atomic mass is 10.1. The molecule has 0 fully saturated rings. The molecular weight excluding hydrogens is 356 g/mol. The van der Waals surface area contributed by atoms with Crippen LogP contribution in [0.2, 0.25) is 0 Å². The lowest BCUT2D eigenvalue weighted by Gasteiger charge is -2.23. The highest BCUT2D eigenvalue weighted by Crippen LogP contribution is 2.23. The zero-order valence-electron chi connectivity index (χ0n) is 13.4. The number of carbonyl (C=O) groups excluding carboxylic acids is 2. The van der Waals surface area contributed by atoms with E-state index >= 15 is 0 Å². The topological polar surface area (TPSA) is 49.4 Å². The highest BCUT2D eigenvalue weighted by atomic mass is 79.9. The minimum absolute atomic E-state index is 0.0182. The molecule has 4 nitrogen and oxygen atoms in total. The van der Waals surface area contributed by atoms with Crippen molar-refractivity contribution < 1.29 is 9.59 Å². The number of hydrogen-bond acceptors (Lipinski definition) is 2. The predicted molar refractivity (Wildman–Crippen MR) is 96.7 cm³/mol. The summed E-state index contributed by atoms with van der Waals surface area (Å²) < 4.78 is 0.941. The Balaban J connectivity index is 2.16. The molecule has 0 aliphatic heterocycles. The van der Waals surface area contributed by atoms with Gasteiger partial charge in [-0.1, -0.05) is 28.1 Å². The van der Waals surface area contributed by atoms with Crippen LogP contribution in [0.5, 0.6) is 0 Å². The Morgan fingerprint density at radius 1 is 1.09 bits per heavy atom. The molecule has 0 aromatic heterocycles. The number of carbonyl (C=O) groups is 2. The van der Waals surface area contributed by atoms with Gasteiger partial charge in [-0.3, -0.25) is 9.59 Å². The molecule has 5 heteroatoms. The molecule has 1 N–H and O–H groups in total. The van der Waals surface area contributed by atoms with Crippen molar-refractivity contribution in [2.45, 2.75) is 20.8 Å². The van der Waals surface area contributed by atoms with Crippen molar-refractivity contribution >= 4 is 39.1 Å². The minimum Gasteiger partial charge on any atom is -0.325 e. The van der Waals surface area contributed by atoms with E-state index in [9.17, 15) is 9.59 Å². The first-order valence-electron chi connectivity index (χ1n) is 7.28. The average Bonchev–Trinajstić information content (AvgIpc) is 2.50. The average molecular weight is 375 g/mol. The summed E-state index contributed by atoms with van der Waals surface area (Å²) in [5.41, 5.74) is 3.55. The maximum atomic E-state index is 12.3. The number of aryl methyl sites for hydroxylation is 1. The molecule has 2 aromatic rings. The maximum Gasteiger partial charge on any atom is 0.244 e. The first kappa shape index (κ1) is 17.2. The van der Waals surface area contributed by atoms with Gasteiger partial charge in [0.05, 0.1) is 0 Å². The summed E-state index contributed by atoms with van der Waals surface area (Å²) in [4.78, 5) is 25.7. The molecule has 0 aliphatic rings. The fourth-order valence-electron chi connectivity index (χ4n) is 2.27. The number of nitrogens with one attached hydrogen (secondary N) is 1. The molecule has 2 aromatic carbocycles. The van der Waals surface area contributed by atoms with Gasteiger partial charge in [-0.05, 0) is 55.3 Å². The lowest BCUT2D eigenvalue weighted by molar-refractivity contribution is -0.120. The van der Waals surface area contributed by atoms with Gasteiger partial charge in [-0.25, -0.2) is 0 Å². The van der Waals surface area contributed by atoms with E-state index in [0.717, 1.165) is 21.3 Å². The van der Waals surface area contributed by atoms with E-state index in [4.69, 9.17) is 0 Å². The largest absolute Gasteiger partial charge is 0.325 e. The Hall–Kier alpha value is -2.14. The molecule has 0 unspecified atom stereocenters. The number of rotatable bonds is 4. The van der Waals surface area contributed by atoms with Crippen molar-refractivity contribution in [3.05, 3.63) is 58.1 Å². The zero-order chi connectivity index (χ0) is 17.0. The number of amides is 2. The normalized spacial score (nSPS) is 10.3. The van der Waals surface area contributed by atoms with Crippen molar-refractivity contribution in [2.75, 3.05) is 16.8 Å². The second kappa shape index (κ2) is 7.42. The Morgan fingerprint density at radius 3 is 2.35 bits per heavy atom. The SMILES string of the molecule is CC(=O)N(CC(=O)Nc1ccc(Br)cc1)c1cccc(C)c1C. The first-order valence-corrected chi connectivity index (χ1v) is 8.07. The maximum absolute atomic E-state index is 12.3. The molecule has 0 aliphatic carbocycles. The predicted octanol–water partition coefficient (Wildman–Crippen LogP) is 4.06. The van der Waals surface area contributed by atoms with E-state index in [1.807, 2.05) is 44.2 Å². The fourth-order valence-corrected chi connectivity index (χ4v) is 2.54. The smallest absolute Gasteiger partial charge is 0.244 e. The van der Waals surface area contributed by atoms with Crippen molar-refractivity contribution in [3.63, 3.8) is 0 Å². The summed E-state index contributed by atoms with van der Waals surface area (Å²) in [6.07, 6.45) is 0. The van der Waals surface area contributed by atoms with Crippen molar-refractivity contribution in [2.24, 2.45) is 0 Å². The van der Waals surface area contributed by atoms with E-state index < -0.39 is 0 Å². The van der Waals surface area contributed by atoms with Gasteiger partial charge < -0.3 is 10.2 Å². The van der Waals surface area contributed by atoms with E-state index in [2.05, 4.69) is 21.2 Å². The Bertz CT molecular complexity index is 726. The molecular formula is C18H19BrN2O2. The second-order valence-electron chi connectivity index (χ2n) is 5.38. The quantitative estimate of drug-likeness (QED) is 0.876. The van der Waals surface area contributed by atoms with Crippen LogP contribution in [-0.2, 0) is 9.59 Å². The summed E-state index contributed by atoms with van der Waals surface area (Å²) in [6, 6.07) is 13.0. The molecule has 0 radical (unpaired) electrons. The summed E-state index contributed by atoms with van der Waals surface area (Å²) in [5.74, 6) is -0.395. The molecule has 2 rings (SSSR count). The van der Waals surface area contributed by atoms with E-state index in [0.29, 0.717) is 5.69 Å². The third kappa shape index (κ3) is 4.42. The number of nitrogens with zero attached hydrogens (tertiary/aromatic N) is 1. The van der Waals surface area contributed by atoms with Gasteiger partial charge >= 0.3 is 0 Å². The summed E-state index contributed by atoms with van der Waals surface area (Å²) in [7, 11) is 0. The van der Waals surface area contributed by atoms with Crippen LogP contribution in [0.1, 0.15) is 18.1 Å². The Labute approximate surface area is 144 Å². The van der Waals surface area contributed by atoms with Crippen molar-refractivity contribution in [1.82, 2.24) is 0 Å². The van der Waals surface area contributed by atoms with Crippen LogP contribution in [0.4, 0.5) is 11.4 Å². The van der Waals surface area contributed by atoms with Crippen molar-refractivity contribution in [1.29, 1.82) is 0 Å². The van der Waals surface area contributed by atoms with Crippen LogP contribution in [0, 0.1) is 13.8 Å². The molecule has 0 bridgehead atoms. The lowest BCUT2D eigenvalue weighted by Crippen LogP contribution is -2.37. The number of halogens is 1. The molecule has 2 amide bonds. The summed E-state index contributed by atoms with van der Waals surface area (Å²) in [5, 5.41) is 2.80. The van der Waals surface area contributed by atoms with Crippen LogP contribution in [-0.4, -0.2) is 18.4 Å². The van der Waals surface area contributed by atoms with Crippen LogP contribution in [0.15, 0.2) is 46.9 Å². The fraction of sp³-hybridized carbons (Fsp3) is 0.222. The molecule has 0 spiro atoms. The summed E-state index contributed by atoms with van der Waals surface area (Å²) >= 11 is 3.35. The van der Waals surface area contributed by atoms with Crippen LogP contribution >= 0.6 is 15.9 Å². The van der Waals surface area contributed by atoms with Crippen LogP contribution in [0.3, 0.4) is 0 Å². The van der Waals surface area contributed by atoms with E-state index in [-0.39, 0.29) is 18.4 Å². The Kier molecular flexibility index (Phi) is 5.55. The third-order valence-electron chi connectivity index (χ3n) is 3.68. The number of hydrogen-bond donors (Lipinski definition) is 1. The van der Waals surface area contributed by atoms with Gasteiger partial charge in [0.2, 0.25) is 11.8 Å². The van der Waals surface area contributed by atoms with E-state index in [1.54, 1.807) is 12.1 Å². The van der Waals surface area contributed by atoms with Crippen LogP contribution in [0.25, 0.3) is 0 Å². The first-order chi connectivity index (χ1) is 10.9. The van der Waals surface area contributed by atoms with E-state index in [1.165, 1.54) is 11.8 Å². The Morgan fingerprint density at radius 2 is 1.74 bits per heavy atom.